The van der Waals surface area contributed by atoms with Crippen LogP contribution in [0.2, 0.25) is 0 Å². The molecule has 17 heavy (non-hydrogen) atoms. The summed E-state index contributed by atoms with van der Waals surface area (Å²) in [4.78, 5) is 0. The first-order valence-electron chi connectivity index (χ1n) is 6.13. The maximum Gasteiger partial charge on any atom is 0.00877 e. The largest absolute Gasteiger partial charge is 0.103 e. The van der Waals surface area contributed by atoms with Crippen LogP contribution in [0.15, 0.2) is 55.1 Å². The van der Waals surface area contributed by atoms with Gasteiger partial charge in [0.2, 0.25) is 0 Å². The van der Waals surface area contributed by atoms with Crippen molar-refractivity contribution in [2.75, 3.05) is 0 Å². The van der Waals surface area contributed by atoms with Crippen molar-refractivity contribution < 1.29 is 0 Å². The lowest BCUT2D eigenvalue weighted by molar-refractivity contribution is 0.647. The van der Waals surface area contributed by atoms with E-state index in [1.165, 1.54) is 21.9 Å². The van der Waals surface area contributed by atoms with Gasteiger partial charge in [-0.15, -0.1) is 6.58 Å². The molecule has 3 rings (SSSR count). The molecule has 0 bridgehead atoms. The summed E-state index contributed by atoms with van der Waals surface area (Å²) in [5.74, 6) is 0.941. The molecule has 1 aliphatic rings. The minimum absolute atomic E-state index is 0.464. The molecule has 0 fully saturated rings. The van der Waals surface area contributed by atoms with E-state index < -0.39 is 0 Å². The highest BCUT2D eigenvalue weighted by atomic mass is 14.2. The summed E-state index contributed by atoms with van der Waals surface area (Å²) in [5.41, 5.74) is 2.78. The van der Waals surface area contributed by atoms with Gasteiger partial charge in [0, 0.05) is 5.92 Å². The fourth-order valence-electron chi connectivity index (χ4n) is 2.73. The van der Waals surface area contributed by atoms with Crippen LogP contribution in [0.25, 0.3) is 16.8 Å². The maximum absolute atomic E-state index is 3.92. The Balaban J connectivity index is 2.30. The van der Waals surface area contributed by atoms with Crippen LogP contribution in [0.5, 0.6) is 0 Å². The van der Waals surface area contributed by atoms with E-state index in [1.807, 2.05) is 6.08 Å². The van der Waals surface area contributed by atoms with Gasteiger partial charge < -0.3 is 0 Å². The molecule has 0 N–H and O–H groups in total. The summed E-state index contributed by atoms with van der Waals surface area (Å²) >= 11 is 0. The molecule has 0 amide bonds. The lowest BCUT2D eigenvalue weighted by Gasteiger charge is -2.24. The van der Waals surface area contributed by atoms with Gasteiger partial charge in [0.25, 0.3) is 0 Å². The van der Waals surface area contributed by atoms with Crippen LogP contribution in [-0.4, -0.2) is 0 Å². The molecule has 0 saturated carbocycles. The summed E-state index contributed by atoms with van der Waals surface area (Å²) in [6.07, 6.45) is 6.60. The van der Waals surface area contributed by atoms with Gasteiger partial charge in [-0.3, -0.25) is 0 Å². The zero-order valence-electron chi connectivity index (χ0n) is 10.1. The Morgan fingerprint density at radius 3 is 2.71 bits per heavy atom. The average molecular weight is 220 g/mol. The van der Waals surface area contributed by atoms with Crippen LogP contribution in [0, 0.1) is 5.92 Å². The summed E-state index contributed by atoms with van der Waals surface area (Å²) in [7, 11) is 0. The molecule has 0 spiro atoms. The van der Waals surface area contributed by atoms with Crippen molar-refractivity contribution >= 4 is 16.8 Å². The third-order valence-electron chi connectivity index (χ3n) is 3.75. The molecule has 0 aliphatic heterocycles. The Morgan fingerprint density at radius 2 is 1.94 bits per heavy atom. The first kappa shape index (κ1) is 10.3. The highest BCUT2D eigenvalue weighted by Gasteiger charge is 2.20. The Labute approximate surface area is 102 Å². The minimum Gasteiger partial charge on any atom is -0.103 e. The highest BCUT2D eigenvalue weighted by molar-refractivity contribution is 5.95. The van der Waals surface area contributed by atoms with Crippen molar-refractivity contribution in [2.45, 2.75) is 12.8 Å². The Kier molecular flexibility index (Phi) is 2.36. The molecule has 0 heteroatoms. The topological polar surface area (TPSA) is 0 Å². The summed E-state index contributed by atoms with van der Waals surface area (Å²) < 4.78 is 0. The van der Waals surface area contributed by atoms with Crippen LogP contribution in [0.1, 0.15) is 24.0 Å². The average Bonchev–Trinajstić information content (AvgIpc) is 2.39. The van der Waals surface area contributed by atoms with Crippen molar-refractivity contribution in [3.8, 4) is 0 Å². The molecular formula is C17H16. The van der Waals surface area contributed by atoms with Crippen molar-refractivity contribution in [3.63, 3.8) is 0 Å². The zero-order valence-corrected chi connectivity index (χ0v) is 10.1. The number of benzene rings is 2. The smallest absolute Gasteiger partial charge is 0.00877 e. The molecule has 2 atom stereocenters. The molecule has 0 saturated heterocycles. The van der Waals surface area contributed by atoms with E-state index in [0.29, 0.717) is 11.8 Å². The predicted octanol–water partition coefficient (Wildman–Crippen LogP) is 4.77. The first-order valence-corrected chi connectivity index (χ1v) is 6.13. The maximum atomic E-state index is 3.92. The molecule has 0 radical (unpaired) electrons. The molecule has 84 valence electrons. The second kappa shape index (κ2) is 3.89. The van der Waals surface area contributed by atoms with Crippen molar-refractivity contribution in [2.24, 2.45) is 5.92 Å². The number of hydrogen-bond donors (Lipinski definition) is 0. The third kappa shape index (κ3) is 1.52. The van der Waals surface area contributed by atoms with Crippen LogP contribution in [0.3, 0.4) is 0 Å². The normalized spacial score (nSPS) is 19.2. The highest BCUT2D eigenvalue weighted by Crippen LogP contribution is 2.38. The van der Waals surface area contributed by atoms with Gasteiger partial charge in [-0.05, 0) is 27.8 Å². The molecule has 1 aliphatic carbocycles. The Bertz CT molecular complexity index is 599. The van der Waals surface area contributed by atoms with Crippen molar-refractivity contribution in [1.82, 2.24) is 0 Å². The summed E-state index contributed by atoms with van der Waals surface area (Å²) in [6, 6.07) is 13.1. The lowest BCUT2D eigenvalue weighted by Crippen LogP contribution is -2.08. The molecule has 2 aromatic rings. The van der Waals surface area contributed by atoms with Crippen molar-refractivity contribution in [1.29, 1.82) is 0 Å². The Morgan fingerprint density at radius 1 is 1.18 bits per heavy atom. The molecule has 0 nitrogen and oxygen atoms in total. The van der Waals surface area contributed by atoms with E-state index in [2.05, 4.69) is 62.1 Å². The van der Waals surface area contributed by atoms with Crippen LogP contribution in [-0.2, 0) is 0 Å². The minimum atomic E-state index is 0.464. The molecule has 0 heterocycles. The molecule has 2 unspecified atom stereocenters. The first-order chi connectivity index (χ1) is 8.31. The zero-order chi connectivity index (χ0) is 11.8. The second-order valence-corrected chi connectivity index (χ2v) is 4.77. The third-order valence-corrected chi connectivity index (χ3v) is 3.75. The predicted molar refractivity (Wildman–Crippen MR) is 75.1 cm³/mol. The van der Waals surface area contributed by atoms with Crippen LogP contribution in [0.4, 0.5) is 0 Å². The van der Waals surface area contributed by atoms with Gasteiger partial charge in [-0.1, -0.05) is 61.5 Å². The molecular weight excluding hydrogens is 204 g/mol. The SMILES string of the molecule is C=CC(C)C1C=Cc2cccc3cccc1c23. The van der Waals surface area contributed by atoms with Gasteiger partial charge >= 0.3 is 0 Å². The summed E-state index contributed by atoms with van der Waals surface area (Å²) in [6.45, 7) is 6.15. The second-order valence-electron chi connectivity index (χ2n) is 4.77. The van der Waals surface area contributed by atoms with E-state index in [0.717, 1.165) is 0 Å². The monoisotopic (exact) mass is 220 g/mol. The number of hydrogen-bond acceptors (Lipinski definition) is 0. The quantitative estimate of drug-likeness (QED) is 0.639. The van der Waals surface area contributed by atoms with Crippen LogP contribution >= 0.6 is 0 Å². The van der Waals surface area contributed by atoms with E-state index in [-0.39, 0.29) is 0 Å². The van der Waals surface area contributed by atoms with E-state index >= 15 is 0 Å². The molecule has 2 aromatic carbocycles. The fourth-order valence-corrected chi connectivity index (χ4v) is 2.73. The van der Waals surface area contributed by atoms with Gasteiger partial charge in [0.15, 0.2) is 0 Å². The van der Waals surface area contributed by atoms with E-state index in [9.17, 15) is 0 Å². The van der Waals surface area contributed by atoms with Gasteiger partial charge in [0.1, 0.15) is 0 Å². The lowest BCUT2D eigenvalue weighted by atomic mass is 9.80. The van der Waals surface area contributed by atoms with Crippen molar-refractivity contribution in [3.05, 3.63) is 66.3 Å². The van der Waals surface area contributed by atoms with E-state index in [1.54, 1.807) is 0 Å². The van der Waals surface area contributed by atoms with E-state index in [4.69, 9.17) is 0 Å². The van der Waals surface area contributed by atoms with Gasteiger partial charge in [-0.25, -0.2) is 0 Å². The summed E-state index contributed by atoms with van der Waals surface area (Å²) in [5, 5.41) is 2.75. The van der Waals surface area contributed by atoms with Gasteiger partial charge in [0.05, 0.1) is 0 Å². The Hall–Kier alpha value is -1.82. The molecule has 0 aromatic heterocycles. The fraction of sp³-hybridized carbons (Fsp3) is 0.176. The van der Waals surface area contributed by atoms with Gasteiger partial charge in [-0.2, -0.15) is 0 Å². The number of rotatable bonds is 2. The van der Waals surface area contributed by atoms with Crippen LogP contribution < -0.4 is 0 Å². The standard InChI is InChI=1S/C17H16/c1-3-12(2)15-11-10-14-7-4-6-13-8-5-9-16(15)17(13)14/h3-12,15H,1H2,2H3. The number of allylic oxidation sites excluding steroid dienone is 2.